The van der Waals surface area contributed by atoms with Gasteiger partial charge in [0.05, 0.1) is 11.1 Å². The molecule has 0 heterocycles. The van der Waals surface area contributed by atoms with E-state index < -0.39 is 34.8 Å². The van der Waals surface area contributed by atoms with Crippen LogP contribution in [0.25, 0.3) is 0 Å². The van der Waals surface area contributed by atoms with Crippen LogP contribution in [0.3, 0.4) is 0 Å². The van der Waals surface area contributed by atoms with Crippen molar-refractivity contribution in [2.75, 3.05) is 0 Å². The van der Waals surface area contributed by atoms with Crippen LogP contribution in [0.15, 0.2) is 43.0 Å². The van der Waals surface area contributed by atoms with E-state index in [4.69, 9.17) is 0 Å². The van der Waals surface area contributed by atoms with Gasteiger partial charge in [-0.25, -0.2) is 13.2 Å². The average Bonchev–Trinajstić information content (AvgIpc) is 2.76. The third-order valence-electron chi connectivity index (χ3n) is 7.13. The molecule has 0 spiro atoms. The molecule has 0 bridgehead atoms. The summed E-state index contributed by atoms with van der Waals surface area (Å²) in [6.07, 6.45) is 3.38. The van der Waals surface area contributed by atoms with E-state index in [2.05, 4.69) is 18.4 Å². The summed E-state index contributed by atoms with van der Waals surface area (Å²) < 4.78 is 81.2. The van der Waals surface area contributed by atoms with Gasteiger partial charge >= 0.3 is 6.18 Å². The molecular formula is C27H24F6. The molecule has 2 aromatic rings. The minimum atomic E-state index is -4.83. The van der Waals surface area contributed by atoms with E-state index in [0.717, 1.165) is 44.6 Å². The molecular weight excluding hydrogens is 438 g/mol. The smallest absolute Gasteiger partial charge is 0.206 e. The molecule has 33 heavy (non-hydrogen) atoms. The molecule has 0 amide bonds. The number of allylic oxidation sites excluding steroid dienone is 1. The molecule has 4 rings (SSSR count). The van der Waals surface area contributed by atoms with Crippen LogP contribution in [0, 0.1) is 47.0 Å². The van der Waals surface area contributed by atoms with E-state index in [9.17, 15) is 26.3 Å². The van der Waals surface area contributed by atoms with Gasteiger partial charge in [-0.05, 0) is 98.1 Å². The largest absolute Gasteiger partial charge is 0.419 e. The van der Waals surface area contributed by atoms with Gasteiger partial charge < -0.3 is 0 Å². The zero-order valence-corrected chi connectivity index (χ0v) is 18.0. The van der Waals surface area contributed by atoms with Gasteiger partial charge in [-0.1, -0.05) is 17.9 Å². The van der Waals surface area contributed by atoms with E-state index >= 15 is 0 Å². The van der Waals surface area contributed by atoms with Gasteiger partial charge in [-0.3, -0.25) is 0 Å². The number of rotatable bonds is 2. The van der Waals surface area contributed by atoms with Crippen LogP contribution in [0.2, 0.25) is 0 Å². The van der Waals surface area contributed by atoms with Crippen LogP contribution in [-0.4, -0.2) is 0 Å². The third kappa shape index (κ3) is 5.13. The second-order valence-electron chi connectivity index (χ2n) is 9.14. The topological polar surface area (TPSA) is 0 Å². The predicted molar refractivity (Wildman–Crippen MR) is 115 cm³/mol. The van der Waals surface area contributed by atoms with Crippen molar-refractivity contribution >= 4 is 0 Å². The Bertz CT molecular complexity index is 1080. The first-order chi connectivity index (χ1) is 15.7. The number of alkyl halides is 3. The Hall–Kier alpha value is -2.68. The molecule has 0 radical (unpaired) electrons. The fourth-order valence-corrected chi connectivity index (χ4v) is 5.35. The number of hydrogen-bond donors (Lipinski definition) is 0. The van der Waals surface area contributed by atoms with E-state index in [1.165, 1.54) is 12.1 Å². The maximum Gasteiger partial charge on any atom is 0.419 e. The average molecular weight is 462 g/mol. The van der Waals surface area contributed by atoms with E-state index in [1.807, 2.05) is 6.08 Å². The minimum Gasteiger partial charge on any atom is -0.206 e. The van der Waals surface area contributed by atoms with Gasteiger partial charge in [-0.15, -0.1) is 6.58 Å². The number of benzene rings is 2. The van der Waals surface area contributed by atoms with Crippen molar-refractivity contribution in [1.29, 1.82) is 0 Å². The summed E-state index contributed by atoms with van der Waals surface area (Å²) in [4.78, 5) is 0. The van der Waals surface area contributed by atoms with Crippen molar-refractivity contribution in [3.05, 3.63) is 82.7 Å². The number of halogens is 6. The molecule has 2 aliphatic rings. The van der Waals surface area contributed by atoms with E-state index in [0.29, 0.717) is 35.4 Å². The van der Waals surface area contributed by atoms with Crippen molar-refractivity contribution in [2.24, 2.45) is 17.8 Å². The molecule has 4 atom stereocenters. The Kier molecular flexibility index (Phi) is 6.61. The SMILES string of the molecule is C=CC1CCC2CC(c3cc(F)c(C#Cc4ccc(C(F)(F)F)c(F)c4)c(F)c3)CCC2C1. The van der Waals surface area contributed by atoms with E-state index in [-0.39, 0.29) is 11.5 Å². The van der Waals surface area contributed by atoms with Crippen molar-refractivity contribution < 1.29 is 26.3 Å². The summed E-state index contributed by atoms with van der Waals surface area (Å²) in [6, 6.07) is 4.76. The Labute approximate surface area is 189 Å². The molecule has 0 aliphatic heterocycles. The Morgan fingerprint density at radius 1 is 0.818 bits per heavy atom. The van der Waals surface area contributed by atoms with Crippen molar-refractivity contribution in [3.8, 4) is 11.8 Å². The van der Waals surface area contributed by atoms with Crippen LogP contribution in [0.1, 0.15) is 66.7 Å². The van der Waals surface area contributed by atoms with Gasteiger partial charge in [0.1, 0.15) is 17.5 Å². The third-order valence-corrected chi connectivity index (χ3v) is 7.13. The summed E-state index contributed by atoms with van der Waals surface area (Å²) in [5.74, 6) is 3.40. The molecule has 2 aromatic carbocycles. The van der Waals surface area contributed by atoms with Gasteiger partial charge in [0.25, 0.3) is 0 Å². The fraction of sp³-hybridized carbons (Fsp3) is 0.407. The molecule has 4 unspecified atom stereocenters. The first-order valence-electron chi connectivity index (χ1n) is 11.2. The quantitative estimate of drug-likeness (QED) is 0.241. The van der Waals surface area contributed by atoms with Crippen LogP contribution in [0.5, 0.6) is 0 Å². The summed E-state index contributed by atoms with van der Waals surface area (Å²) in [6.45, 7) is 3.91. The number of hydrogen-bond acceptors (Lipinski definition) is 0. The molecule has 0 nitrogen and oxygen atoms in total. The van der Waals surface area contributed by atoms with Gasteiger partial charge in [0.15, 0.2) is 0 Å². The molecule has 0 saturated heterocycles. The van der Waals surface area contributed by atoms with Gasteiger partial charge in [0, 0.05) is 5.56 Å². The fourth-order valence-electron chi connectivity index (χ4n) is 5.35. The molecule has 6 heteroatoms. The summed E-state index contributed by atoms with van der Waals surface area (Å²) in [7, 11) is 0. The zero-order chi connectivity index (χ0) is 23.8. The second-order valence-corrected chi connectivity index (χ2v) is 9.14. The predicted octanol–water partition coefficient (Wildman–Crippen LogP) is 8.01. The molecule has 174 valence electrons. The second kappa shape index (κ2) is 9.29. The number of fused-ring (bicyclic) bond motifs is 1. The van der Waals surface area contributed by atoms with Gasteiger partial charge in [0.2, 0.25) is 0 Å². The lowest BCUT2D eigenvalue weighted by molar-refractivity contribution is -0.140. The van der Waals surface area contributed by atoms with Crippen molar-refractivity contribution in [1.82, 2.24) is 0 Å². The lowest BCUT2D eigenvalue weighted by Gasteiger charge is -2.41. The maximum absolute atomic E-state index is 14.7. The molecule has 0 aromatic heterocycles. The Morgan fingerprint density at radius 2 is 1.48 bits per heavy atom. The normalized spacial score (nSPS) is 25.0. The Balaban J connectivity index is 1.51. The molecule has 2 aliphatic carbocycles. The minimum absolute atomic E-state index is 0.0848. The zero-order valence-electron chi connectivity index (χ0n) is 18.0. The molecule has 2 fully saturated rings. The van der Waals surface area contributed by atoms with Crippen molar-refractivity contribution in [2.45, 2.75) is 50.6 Å². The van der Waals surface area contributed by atoms with Crippen LogP contribution in [0.4, 0.5) is 26.3 Å². The highest BCUT2D eigenvalue weighted by molar-refractivity contribution is 5.46. The first kappa shape index (κ1) is 23.5. The summed E-state index contributed by atoms with van der Waals surface area (Å²) >= 11 is 0. The van der Waals surface area contributed by atoms with E-state index in [1.54, 1.807) is 0 Å². The first-order valence-corrected chi connectivity index (χ1v) is 11.2. The van der Waals surface area contributed by atoms with Crippen LogP contribution < -0.4 is 0 Å². The van der Waals surface area contributed by atoms with Gasteiger partial charge in [-0.2, -0.15) is 13.2 Å². The standard InChI is InChI=1S/C27H24F6/c1-2-16-3-6-19-13-20(8-7-18(19)11-16)21-14-24(28)22(25(29)15-21)9-4-17-5-10-23(26(30)12-17)27(31,32)33/h2,5,10,12,14-16,18-20H,1,3,6-8,11,13H2. The van der Waals surface area contributed by atoms with Crippen LogP contribution >= 0.6 is 0 Å². The highest BCUT2D eigenvalue weighted by atomic mass is 19.4. The molecule has 0 N–H and O–H groups in total. The monoisotopic (exact) mass is 462 g/mol. The maximum atomic E-state index is 14.7. The molecule has 2 saturated carbocycles. The lowest BCUT2D eigenvalue weighted by Crippen LogP contribution is -2.30. The Morgan fingerprint density at radius 3 is 2.12 bits per heavy atom. The highest BCUT2D eigenvalue weighted by Crippen LogP contribution is 2.48. The lowest BCUT2D eigenvalue weighted by atomic mass is 9.64. The summed E-state index contributed by atoms with van der Waals surface area (Å²) in [5.41, 5.74) is -1.38. The highest BCUT2D eigenvalue weighted by Gasteiger charge is 2.36. The van der Waals surface area contributed by atoms with Crippen LogP contribution in [-0.2, 0) is 6.18 Å². The summed E-state index contributed by atoms with van der Waals surface area (Å²) in [5, 5.41) is 0. The van der Waals surface area contributed by atoms with Crippen molar-refractivity contribution in [3.63, 3.8) is 0 Å².